The molecule has 0 spiro atoms. The zero-order valence-electron chi connectivity index (χ0n) is 16.3. The van der Waals surface area contributed by atoms with E-state index in [1.54, 1.807) is 46.4 Å². The van der Waals surface area contributed by atoms with Gasteiger partial charge in [-0.1, -0.05) is 0 Å². The first-order chi connectivity index (χ1) is 14.7. The van der Waals surface area contributed by atoms with E-state index < -0.39 is 0 Å². The molecule has 0 unspecified atom stereocenters. The molecule has 1 aromatic carbocycles. The Kier molecular flexibility index (Phi) is 4.71. The van der Waals surface area contributed by atoms with Gasteiger partial charge >= 0.3 is 0 Å². The van der Waals surface area contributed by atoms with E-state index in [-0.39, 0.29) is 11.7 Å². The Morgan fingerprint density at radius 1 is 1.00 bits per heavy atom. The Hall–Kier alpha value is -3.61. The highest BCUT2D eigenvalue weighted by Gasteiger charge is 2.30. The van der Waals surface area contributed by atoms with Crippen molar-refractivity contribution >= 4 is 5.91 Å². The molecule has 6 nitrogen and oxygen atoms in total. The van der Waals surface area contributed by atoms with Gasteiger partial charge in [0, 0.05) is 11.3 Å². The zero-order chi connectivity index (χ0) is 20.5. The molecule has 4 aromatic rings. The lowest BCUT2D eigenvalue weighted by molar-refractivity contribution is 0.0697. The van der Waals surface area contributed by atoms with Crippen molar-refractivity contribution < 1.29 is 18.0 Å². The van der Waals surface area contributed by atoms with E-state index in [9.17, 15) is 9.18 Å². The van der Waals surface area contributed by atoms with Crippen LogP contribution in [0.15, 0.2) is 69.9 Å². The minimum atomic E-state index is -0.304. The molecule has 0 radical (unpaired) electrons. The third kappa shape index (κ3) is 3.43. The maximum atomic E-state index is 13.6. The molecule has 0 aliphatic heterocycles. The highest BCUT2D eigenvalue weighted by molar-refractivity contribution is 5.94. The molecule has 0 fully saturated rings. The third-order valence-corrected chi connectivity index (χ3v) is 5.34. The molecule has 152 valence electrons. The van der Waals surface area contributed by atoms with Gasteiger partial charge in [-0.15, -0.1) is 0 Å². The number of aromatic nitrogens is 2. The number of halogens is 1. The van der Waals surface area contributed by atoms with Crippen LogP contribution in [0.25, 0.3) is 5.69 Å². The summed E-state index contributed by atoms with van der Waals surface area (Å²) in [5.74, 6) is 0.887. The van der Waals surface area contributed by atoms with Crippen molar-refractivity contribution in [3.05, 3.63) is 95.3 Å². The van der Waals surface area contributed by atoms with Gasteiger partial charge in [0.25, 0.3) is 5.91 Å². The predicted octanol–water partition coefficient (Wildman–Crippen LogP) is 4.53. The molecule has 1 aliphatic carbocycles. The van der Waals surface area contributed by atoms with Crippen LogP contribution in [0.4, 0.5) is 4.39 Å². The Bertz CT molecular complexity index is 1110. The van der Waals surface area contributed by atoms with Crippen LogP contribution < -0.4 is 0 Å². The number of nitrogens with zero attached hydrogens (tertiary/aromatic N) is 3. The number of hydrogen-bond acceptors (Lipinski definition) is 4. The summed E-state index contributed by atoms with van der Waals surface area (Å²) in [7, 11) is 0. The van der Waals surface area contributed by atoms with E-state index in [0.717, 1.165) is 36.2 Å². The van der Waals surface area contributed by atoms with Crippen molar-refractivity contribution in [2.45, 2.75) is 32.4 Å². The Labute approximate surface area is 172 Å². The standard InChI is InChI=1S/C23H20FN3O3/c24-16-8-10-17(11-9-16)27-21-7-1-6-20(21)22(25-27)23(28)26(14-18-4-2-12-29-18)15-19-5-3-13-30-19/h2-5,8-13H,1,6-7,14-15H2. The molecule has 0 saturated carbocycles. The molecule has 0 saturated heterocycles. The first-order valence-corrected chi connectivity index (χ1v) is 9.90. The summed E-state index contributed by atoms with van der Waals surface area (Å²) < 4.78 is 26.1. The van der Waals surface area contributed by atoms with Gasteiger partial charge in [-0.25, -0.2) is 9.07 Å². The second kappa shape index (κ2) is 7.67. The summed E-state index contributed by atoms with van der Waals surface area (Å²) in [5, 5.41) is 4.65. The van der Waals surface area contributed by atoms with Crippen molar-refractivity contribution in [2.24, 2.45) is 0 Å². The zero-order valence-corrected chi connectivity index (χ0v) is 16.3. The van der Waals surface area contributed by atoms with Gasteiger partial charge < -0.3 is 13.7 Å². The molecule has 0 atom stereocenters. The highest BCUT2D eigenvalue weighted by Crippen LogP contribution is 2.29. The predicted molar refractivity (Wildman–Crippen MR) is 107 cm³/mol. The first kappa shape index (κ1) is 18.4. The van der Waals surface area contributed by atoms with Crippen LogP contribution in [0.2, 0.25) is 0 Å². The van der Waals surface area contributed by atoms with E-state index in [1.807, 2.05) is 12.1 Å². The molecule has 7 heteroatoms. The average molecular weight is 405 g/mol. The quantitative estimate of drug-likeness (QED) is 0.473. The van der Waals surface area contributed by atoms with Gasteiger partial charge in [0.15, 0.2) is 5.69 Å². The molecule has 3 aromatic heterocycles. The van der Waals surface area contributed by atoms with Crippen LogP contribution in [0.3, 0.4) is 0 Å². The Morgan fingerprint density at radius 2 is 1.67 bits per heavy atom. The lowest BCUT2D eigenvalue weighted by Crippen LogP contribution is -2.31. The van der Waals surface area contributed by atoms with Crippen molar-refractivity contribution in [1.82, 2.24) is 14.7 Å². The monoisotopic (exact) mass is 405 g/mol. The minimum Gasteiger partial charge on any atom is -0.467 e. The Balaban J connectivity index is 1.51. The number of benzene rings is 1. The van der Waals surface area contributed by atoms with E-state index in [1.165, 1.54) is 12.1 Å². The molecule has 1 amide bonds. The number of fused-ring (bicyclic) bond motifs is 1. The summed E-state index contributed by atoms with van der Waals surface area (Å²) in [6, 6.07) is 13.4. The molecule has 30 heavy (non-hydrogen) atoms. The van der Waals surface area contributed by atoms with Crippen molar-refractivity contribution in [3.8, 4) is 5.69 Å². The highest BCUT2D eigenvalue weighted by atomic mass is 19.1. The number of carbonyl (C=O) groups is 1. The van der Waals surface area contributed by atoms with E-state index in [4.69, 9.17) is 8.83 Å². The van der Waals surface area contributed by atoms with Crippen LogP contribution in [0, 0.1) is 5.82 Å². The van der Waals surface area contributed by atoms with Gasteiger partial charge in [-0.2, -0.15) is 5.10 Å². The normalized spacial score (nSPS) is 12.8. The van der Waals surface area contributed by atoms with Gasteiger partial charge in [-0.3, -0.25) is 4.79 Å². The fourth-order valence-corrected chi connectivity index (χ4v) is 3.94. The molecule has 1 aliphatic rings. The second-order valence-electron chi connectivity index (χ2n) is 7.34. The summed E-state index contributed by atoms with van der Waals surface area (Å²) in [5.41, 5.74) is 3.16. The maximum absolute atomic E-state index is 13.6. The summed E-state index contributed by atoms with van der Waals surface area (Å²) >= 11 is 0. The summed E-state index contributed by atoms with van der Waals surface area (Å²) in [6.07, 6.45) is 5.78. The van der Waals surface area contributed by atoms with Crippen molar-refractivity contribution in [2.75, 3.05) is 0 Å². The lowest BCUT2D eigenvalue weighted by Gasteiger charge is -2.20. The van der Waals surface area contributed by atoms with Gasteiger partial charge in [0.1, 0.15) is 17.3 Å². The molecular weight excluding hydrogens is 385 g/mol. The fourth-order valence-electron chi connectivity index (χ4n) is 3.94. The van der Waals surface area contributed by atoms with E-state index in [0.29, 0.717) is 30.3 Å². The van der Waals surface area contributed by atoms with Crippen molar-refractivity contribution in [3.63, 3.8) is 0 Å². The van der Waals surface area contributed by atoms with Gasteiger partial charge in [0.05, 0.1) is 31.3 Å². The van der Waals surface area contributed by atoms with Crippen molar-refractivity contribution in [1.29, 1.82) is 0 Å². The third-order valence-electron chi connectivity index (χ3n) is 5.34. The molecule has 3 heterocycles. The fraction of sp³-hybridized carbons (Fsp3) is 0.217. The molecule has 5 rings (SSSR count). The summed E-state index contributed by atoms with van der Waals surface area (Å²) in [6.45, 7) is 0.620. The van der Waals surface area contributed by atoms with E-state index in [2.05, 4.69) is 5.10 Å². The lowest BCUT2D eigenvalue weighted by atomic mass is 10.1. The summed E-state index contributed by atoms with van der Waals surface area (Å²) in [4.78, 5) is 15.2. The largest absolute Gasteiger partial charge is 0.467 e. The topological polar surface area (TPSA) is 64.4 Å². The maximum Gasteiger partial charge on any atom is 0.275 e. The SMILES string of the molecule is O=C(c1nn(-c2ccc(F)cc2)c2c1CCC2)N(Cc1ccco1)Cc1ccco1. The van der Waals surface area contributed by atoms with Gasteiger partial charge in [0.2, 0.25) is 0 Å². The number of amides is 1. The number of furan rings is 2. The number of carbonyl (C=O) groups excluding carboxylic acids is 1. The molecule has 0 bridgehead atoms. The second-order valence-corrected chi connectivity index (χ2v) is 7.34. The number of rotatable bonds is 6. The minimum absolute atomic E-state index is 0.179. The van der Waals surface area contributed by atoms with Crippen LogP contribution in [-0.2, 0) is 25.9 Å². The smallest absolute Gasteiger partial charge is 0.275 e. The number of hydrogen-bond donors (Lipinski definition) is 0. The van der Waals surface area contributed by atoms with E-state index >= 15 is 0 Å². The first-order valence-electron chi connectivity index (χ1n) is 9.90. The Morgan fingerprint density at radius 3 is 2.27 bits per heavy atom. The average Bonchev–Trinajstić information content (AvgIpc) is 3.53. The van der Waals surface area contributed by atoms with Crippen LogP contribution in [0.1, 0.15) is 39.7 Å². The van der Waals surface area contributed by atoms with Crippen LogP contribution in [-0.4, -0.2) is 20.6 Å². The molecular formula is C23H20FN3O3. The van der Waals surface area contributed by atoms with Crippen LogP contribution >= 0.6 is 0 Å². The van der Waals surface area contributed by atoms with Gasteiger partial charge in [-0.05, 0) is 67.8 Å². The van der Waals surface area contributed by atoms with Crippen LogP contribution in [0.5, 0.6) is 0 Å². The molecule has 0 N–H and O–H groups in total.